The number of halogens is 3. The molecule has 5 rings (SSSR count). The number of aromatic nitrogens is 4. The van der Waals surface area contributed by atoms with Crippen LogP contribution < -0.4 is 0 Å². The topological polar surface area (TPSA) is 175 Å². The Morgan fingerprint density at radius 2 is 1.26 bits per heavy atom. The molecule has 0 aliphatic carbocycles. The summed E-state index contributed by atoms with van der Waals surface area (Å²) in [5.41, 5.74) is -1.44. The molecule has 2 fully saturated rings. The molecule has 6 N–H and O–H groups in total. The molecule has 16 heteroatoms. The third-order valence-electron chi connectivity index (χ3n) is 7.78. The van der Waals surface area contributed by atoms with Crippen molar-refractivity contribution < 1.29 is 53.3 Å². The van der Waals surface area contributed by atoms with E-state index in [0.717, 1.165) is 34.1 Å². The molecule has 2 aromatic heterocycles. The van der Waals surface area contributed by atoms with Crippen molar-refractivity contribution in [3.8, 4) is 11.1 Å². The highest BCUT2D eigenvalue weighted by Gasteiger charge is 2.51. The maximum Gasteiger partial charge on any atom is 0.194 e. The van der Waals surface area contributed by atoms with Gasteiger partial charge < -0.3 is 40.1 Å². The average molecular weight is 631 g/mol. The van der Waals surface area contributed by atoms with Gasteiger partial charge in [0.15, 0.2) is 17.5 Å². The van der Waals surface area contributed by atoms with Crippen LogP contribution >= 0.6 is 11.8 Å². The number of ether oxygens (including phenoxy) is 2. The maximum absolute atomic E-state index is 13.8. The Bertz CT molecular complexity index is 1390. The Balaban J connectivity index is 1.41. The van der Waals surface area contributed by atoms with Crippen molar-refractivity contribution in [3.05, 3.63) is 59.9 Å². The molecule has 0 saturated carbocycles. The van der Waals surface area contributed by atoms with Gasteiger partial charge in [0.1, 0.15) is 59.6 Å². The summed E-state index contributed by atoms with van der Waals surface area (Å²) in [5.74, 6) is -4.32. The van der Waals surface area contributed by atoms with E-state index in [1.807, 2.05) is 13.8 Å². The van der Waals surface area contributed by atoms with E-state index in [4.69, 9.17) is 9.47 Å². The molecule has 0 amide bonds. The van der Waals surface area contributed by atoms with Gasteiger partial charge in [-0.3, -0.25) is 9.36 Å². The zero-order valence-corrected chi connectivity index (χ0v) is 23.9. The molecule has 10 atom stereocenters. The summed E-state index contributed by atoms with van der Waals surface area (Å²) in [6.07, 6.45) is -2.36. The molecule has 0 spiro atoms. The monoisotopic (exact) mass is 630 g/mol. The minimum absolute atomic E-state index is 0.0408. The second kappa shape index (κ2) is 12.8. The van der Waals surface area contributed by atoms with Crippen LogP contribution in [0.2, 0.25) is 0 Å². The van der Waals surface area contributed by atoms with Crippen LogP contribution in [0.3, 0.4) is 0 Å². The minimum atomic E-state index is -1.63. The lowest BCUT2D eigenvalue weighted by Crippen LogP contribution is -2.58. The van der Waals surface area contributed by atoms with Crippen LogP contribution in [0.1, 0.15) is 37.4 Å². The van der Waals surface area contributed by atoms with Crippen molar-refractivity contribution in [2.24, 2.45) is 0 Å². The second-order valence-corrected chi connectivity index (χ2v) is 12.1. The first-order chi connectivity index (χ1) is 20.4. The Hall–Kier alpha value is -2.54. The van der Waals surface area contributed by atoms with E-state index in [0.29, 0.717) is 0 Å². The van der Waals surface area contributed by atoms with Crippen LogP contribution in [0.5, 0.6) is 0 Å². The predicted octanol–water partition coefficient (Wildman–Crippen LogP) is 0.681. The lowest BCUT2D eigenvalue weighted by molar-refractivity contribution is -0.188. The van der Waals surface area contributed by atoms with Gasteiger partial charge in [0.2, 0.25) is 0 Å². The zero-order valence-electron chi connectivity index (χ0n) is 23.1. The lowest BCUT2D eigenvalue weighted by atomic mass is 9.97. The Labute approximate surface area is 248 Å². The van der Waals surface area contributed by atoms with Gasteiger partial charge in [-0.05, 0) is 29.2 Å². The van der Waals surface area contributed by atoms with Crippen LogP contribution in [0, 0.1) is 17.5 Å². The van der Waals surface area contributed by atoms with Crippen molar-refractivity contribution in [3.63, 3.8) is 0 Å². The number of hydrogen-bond acceptors (Lipinski definition) is 11. The van der Waals surface area contributed by atoms with E-state index < -0.39 is 90.2 Å². The van der Waals surface area contributed by atoms with Gasteiger partial charge in [-0.2, -0.15) is 10.2 Å². The summed E-state index contributed by atoms with van der Waals surface area (Å²) >= 11 is 0.807. The zero-order chi connectivity index (χ0) is 31.2. The SMILES string of the molecule is CC(C)c1cnn(C2C(O)[C@@H](CO)O[C@@H](S[C@@H]3OC(CO)[C@H](O)[C@H](n4cc(-c5cc(F)c(F)c(F)c5)cn4)C3O)[C@@H]2O)c1. The van der Waals surface area contributed by atoms with E-state index in [9.17, 15) is 43.8 Å². The number of thioether (sulfide) groups is 1. The minimum Gasteiger partial charge on any atom is -0.394 e. The summed E-state index contributed by atoms with van der Waals surface area (Å²) in [7, 11) is 0. The van der Waals surface area contributed by atoms with Crippen LogP contribution in [0.4, 0.5) is 13.2 Å². The number of aliphatic hydroxyl groups is 6. The normalized spacial score (nSPS) is 33.3. The van der Waals surface area contributed by atoms with Gasteiger partial charge in [0, 0.05) is 18.0 Å². The fourth-order valence-corrected chi connectivity index (χ4v) is 6.63. The van der Waals surface area contributed by atoms with Crippen molar-refractivity contribution in [1.82, 2.24) is 19.6 Å². The first-order valence-electron chi connectivity index (χ1n) is 13.6. The summed E-state index contributed by atoms with van der Waals surface area (Å²) in [6.45, 7) is 2.66. The summed E-state index contributed by atoms with van der Waals surface area (Å²) in [4.78, 5) is 0. The summed E-state index contributed by atoms with van der Waals surface area (Å²) in [6, 6.07) is -0.723. The van der Waals surface area contributed by atoms with Crippen molar-refractivity contribution in [1.29, 1.82) is 0 Å². The number of hydrogen-bond donors (Lipinski definition) is 6. The molecule has 3 aromatic rings. The smallest absolute Gasteiger partial charge is 0.194 e. The van der Waals surface area contributed by atoms with Crippen molar-refractivity contribution in [2.45, 2.75) is 79.3 Å². The molecule has 4 unspecified atom stereocenters. The Kier molecular flexibility index (Phi) is 9.51. The first kappa shape index (κ1) is 31.9. The fraction of sp³-hybridized carbons (Fsp3) is 0.556. The molecule has 2 aliphatic rings. The molecule has 0 radical (unpaired) electrons. The molecule has 43 heavy (non-hydrogen) atoms. The highest BCUT2D eigenvalue weighted by molar-refractivity contribution is 8.00. The molecule has 2 saturated heterocycles. The molecule has 0 bridgehead atoms. The molecular formula is C27H33F3N4O8S. The maximum atomic E-state index is 13.8. The quantitative estimate of drug-likeness (QED) is 0.193. The van der Waals surface area contributed by atoms with E-state index in [1.54, 1.807) is 12.4 Å². The fourth-order valence-electron chi connectivity index (χ4n) is 5.30. The number of benzene rings is 1. The van der Waals surface area contributed by atoms with Gasteiger partial charge in [0.25, 0.3) is 0 Å². The van der Waals surface area contributed by atoms with Crippen LogP contribution in [0.25, 0.3) is 11.1 Å². The van der Waals surface area contributed by atoms with Gasteiger partial charge in [0.05, 0.1) is 25.6 Å². The van der Waals surface area contributed by atoms with Crippen LogP contribution in [-0.4, -0.2) is 111 Å². The standard InChI is InChI=1S/C27H33F3N4O8S/c1-11(2)13-5-31-33(7-13)20-22(37)17(9-35)41-26(24(20)39)43-27-25(40)21(23(38)18(10-36)42-27)34-8-14(6-32-34)12-3-15(28)19(30)16(29)4-12/h3-8,11,17-18,20-27,35-40H,9-10H2,1-2H3/t17-,18?,20?,21+,22?,23+,24-,25?,26+,27+/m1/s1. The largest absolute Gasteiger partial charge is 0.394 e. The predicted molar refractivity (Wildman–Crippen MR) is 145 cm³/mol. The van der Waals surface area contributed by atoms with E-state index in [1.165, 1.54) is 17.1 Å². The number of aliphatic hydroxyl groups excluding tert-OH is 6. The van der Waals surface area contributed by atoms with Crippen LogP contribution in [0.15, 0.2) is 36.9 Å². The third-order valence-corrected chi connectivity index (χ3v) is 9.10. The van der Waals surface area contributed by atoms with Gasteiger partial charge in [-0.25, -0.2) is 13.2 Å². The summed E-state index contributed by atoms with van der Waals surface area (Å²) in [5, 5.41) is 72.7. The Morgan fingerprint density at radius 3 is 1.72 bits per heavy atom. The number of nitrogens with zero attached hydrogens (tertiary/aromatic N) is 4. The van der Waals surface area contributed by atoms with Gasteiger partial charge in [-0.15, -0.1) is 0 Å². The van der Waals surface area contributed by atoms with E-state index >= 15 is 0 Å². The molecule has 12 nitrogen and oxygen atoms in total. The Morgan fingerprint density at radius 1 is 0.767 bits per heavy atom. The van der Waals surface area contributed by atoms with E-state index in [2.05, 4.69) is 10.2 Å². The highest BCUT2D eigenvalue weighted by Crippen LogP contribution is 2.42. The third kappa shape index (κ3) is 6.08. The highest BCUT2D eigenvalue weighted by atomic mass is 32.2. The summed E-state index contributed by atoms with van der Waals surface area (Å²) < 4.78 is 55.2. The second-order valence-electron chi connectivity index (χ2n) is 10.9. The van der Waals surface area contributed by atoms with Gasteiger partial charge >= 0.3 is 0 Å². The van der Waals surface area contributed by atoms with Crippen LogP contribution in [-0.2, 0) is 9.47 Å². The molecule has 2 aliphatic heterocycles. The van der Waals surface area contributed by atoms with Crippen molar-refractivity contribution >= 4 is 11.8 Å². The van der Waals surface area contributed by atoms with E-state index in [-0.39, 0.29) is 17.0 Å². The van der Waals surface area contributed by atoms with Crippen molar-refractivity contribution in [2.75, 3.05) is 13.2 Å². The number of rotatable bonds is 8. The van der Waals surface area contributed by atoms with Gasteiger partial charge in [-0.1, -0.05) is 25.6 Å². The molecule has 4 heterocycles. The molecule has 236 valence electrons. The average Bonchev–Trinajstić information content (AvgIpc) is 3.65. The lowest BCUT2D eigenvalue weighted by Gasteiger charge is -2.46. The molecule has 1 aromatic carbocycles. The first-order valence-corrected chi connectivity index (χ1v) is 14.5. The molecular weight excluding hydrogens is 597 g/mol.